The van der Waals surface area contributed by atoms with Gasteiger partial charge < -0.3 is 9.88 Å². The normalized spacial score (nSPS) is 14.9. The molecule has 3 heterocycles. The maximum absolute atomic E-state index is 13.4. The molecule has 5 rings (SSSR count). The van der Waals surface area contributed by atoms with Crippen molar-refractivity contribution in [3.8, 4) is 11.4 Å². The van der Waals surface area contributed by atoms with Crippen molar-refractivity contribution in [3.05, 3.63) is 71.7 Å². The van der Waals surface area contributed by atoms with E-state index in [2.05, 4.69) is 43.4 Å². The zero-order valence-electron chi connectivity index (χ0n) is 18.7. The summed E-state index contributed by atoms with van der Waals surface area (Å²) in [6.07, 6.45) is 5.92. The summed E-state index contributed by atoms with van der Waals surface area (Å²) in [5.74, 6) is -0.873. The van der Waals surface area contributed by atoms with Gasteiger partial charge in [-0.3, -0.25) is 14.8 Å². The molecule has 0 saturated carbocycles. The molecule has 34 heavy (non-hydrogen) atoms. The van der Waals surface area contributed by atoms with Gasteiger partial charge >= 0.3 is 0 Å². The Morgan fingerprint density at radius 3 is 2.71 bits per heavy atom. The highest BCUT2D eigenvalue weighted by Gasteiger charge is 2.23. The van der Waals surface area contributed by atoms with Gasteiger partial charge in [-0.15, -0.1) is 0 Å². The van der Waals surface area contributed by atoms with Crippen LogP contribution < -0.4 is 0 Å². The fourth-order valence-corrected chi connectivity index (χ4v) is 4.51. The summed E-state index contributed by atoms with van der Waals surface area (Å²) >= 11 is 0. The smallest absolute Gasteiger partial charge is 0.236 e. The van der Waals surface area contributed by atoms with Crippen LogP contribution in [0.5, 0.6) is 0 Å². The number of hydrogen-bond acceptors (Lipinski definition) is 4. The number of H-pyrrole nitrogens is 2. The van der Waals surface area contributed by atoms with Gasteiger partial charge in [0.25, 0.3) is 0 Å². The second kappa shape index (κ2) is 9.72. The van der Waals surface area contributed by atoms with E-state index in [1.54, 1.807) is 6.07 Å². The number of nitrogens with zero attached hydrogens (tertiary/aromatic N) is 4. The Hall–Kier alpha value is -3.59. The number of amides is 1. The summed E-state index contributed by atoms with van der Waals surface area (Å²) in [7, 11) is 0. The van der Waals surface area contributed by atoms with Gasteiger partial charge in [-0.1, -0.05) is 6.07 Å². The number of hydrogen-bond donors (Lipinski definition) is 2. The quantitative estimate of drug-likeness (QED) is 0.418. The van der Waals surface area contributed by atoms with Crippen LogP contribution in [-0.4, -0.2) is 68.6 Å². The first-order valence-electron chi connectivity index (χ1n) is 11.5. The first-order valence-corrected chi connectivity index (χ1v) is 11.5. The summed E-state index contributed by atoms with van der Waals surface area (Å²) in [6, 6.07) is 10.1. The lowest BCUT2D eigenvalue weighted by atomic mass is 10.1. The number of halogens is 2. The molecule has 1 fully saturated rings. The number of aromatic nitrogens is 4. The number of rotatable bonds is 8. The predicted octanol–water partition coefficient (Wildman–Crippen LogP) is 3.55. The maximum atomic E-state index is 13.4. The Morgan fingerprint density at radius 1 is 1.00 bits per heavy atom. The first kappa shape index (κ1) is 22.2. The standard InChI is InChI=1S/C25H26F2N6O/c26-21-5-3-17(12-22(21)27)7-9-33-11-10-32(15-24(33)34)8-1-2-19-14-28-23-6-4-18(13-20(19)23)25-29-16-30-31-25/h3-6,12-14,16,28H,1-2,7-11,15H2,(H,29,30,31). The molecule has 0 unspecified atom stereocenters. The van der Waals surface area contributed by atoms with Crippen LogP contribution in [0.4, 0.5) is 8.78 Å². The molecule has 0 spiro atoms. The highest BCUT2D eigenvalue weighted by Crippen LogP contribution is 2.25. The predicted molar refractivity (Wildman–Crippen MR) is 125 cm³/mol. The fraction of sp³-hybridized carbons (Fsp3) is 0.320. The third kappa shape index (κ3) is 4.84. The zero-order valence-corrected chi connectivity index (χ0v) is 18.7. The van der Waals surface area contributed by atoms with E-state index in [1.807, 2.05) is 11.0 Å². The molecule has 0 aliphatic carbocycles. The van der Waals surface area contributed by atoms with Crippen molar-refractivity contribution < 1.29 is 13.6 Å². The van der Waals surface area contributed by atoms with Gasteiger partial charge in [0.15, 0.2) is 17.5 Å². The number of aromatic amines is 2. The Labute approximate surface area is 195 Å². The van der Waals surface area contributed by atoms with Crippen molar-refractivity contribution in [3.63, 3.8) is 0 Å². The van der Waals surface area contributed by atoms with Gasteiger partial charge in [0.05, 0.1) is 6.54 Å². The van der Waals surface area contributed by atoms with Crippen molar-refractivity contribution in [2.75, 3.05) is 32.7 Å². The molecular weight excluding hydrogens is 438 g/mol. The number of carbonyl (C=O) groups is 1. The number of carbonyl (C=O) groups excluding carboxylic acids is 1. The van der Waals surface area contributed by atoms with Crippen LogP contribution in [0, 0.1) is 11.6 Å². The number of benzene rings is 2. The lowest BCUT2D eigenvalue weighted by molar-refractivity contribution is -0.135. The van der Waals surface area contributed by atoms with Gasteiger partial charge in [0, 0.05) is 42.3 Å². The number of piperazine rings is 1. The molecule has 0 bridgehead atoms. The van der Waals surface area contributed by atoms with E-state index < -0.39 is 11.6 Å². The molecule has 4 aromatic rings. The second-order valence-electron chi connectivity index (χ2n) is 8.67. The summed E-state index contributed by atoms with van der Waals surface area (Å²) in [5, 5.41) is 8.00. The van der Waals surface area contributed by atoms with Crippen LogP contribution in [0.2, 0.25) is 0 Å². The van der Waals surface area contributed by atoms with Crippen LogP contribution in [0.15, 0.2) is 48.9 Å². The number of fused-ring (bicyclic) bond motifs is 1. The van der Waals surface area contributed by atoms with Crippen LogP contribution in [0.25, 0.3) is 22.3 Å². The minimum atomic E-state index is -0.851. The molecule has 1 amide bonds. The lowest BCUT2D eigenvalue weighted by Crippen LogP contribution is -2.51. The molecule has 2 aromatic carbocycles. The molecule has 1 aliphatic heterocycles. The minimum absolute atomic E-state index is 0.0811. The van der Waals surface area contributed by atoms with Crippen molar-refractivity contribution in [1.82, 2.24) is 30.0 Å². The molecule has 2 N–H and O–H groups in total. The summed E-state index contributed by atoms with van der Waals surface area (Å²) in [5.41, 5.74) is 4.02. The van der Waals surface area contributed by atoms with Crippen LogP contribution in [-0.2, 0) is 17.6 Å². The summed E-state index contributed by atoms with van der Waals surface area (Å²) < 4.78 is 26.5. The Balaban J connectivity index is 1.11. The largest absolute Gasteiger partial charge is 0.361 e. The van der Waals surface area contributed by atoms with Crippen LogP contribution in [0.3, 0.4) is 0 Å². The van der Waals surface area contributed by atoms with Crippen molar-refractivity contribution in [1.29, 1.82) is 0 Å². The summed E-state index contributed by atoms with van der Waals surface area (Å²) in [6.45, 7) is 3.21. The van der Waals surface area contributed by atoms with E-state index in [4.69, 9.17) is 0 Å². The van der Waals surface area contributed by atoms with Crippen molar-refractivity contribution in [2.45, 2.75) is 19.3 Å². The molecule has 9 heteroatoms. The van der Waals surface area contributed by atoms with Gasteiger partial charge in [-0.25, -0.2) is 13.8 Å². The third-order valence-electron chi connectivity index (χ3n) is 6.43. The SMILES string of the molecule is O=C1CN(CCCc2c[nH]c3ccc(-c4ncn[nH]4)cc23)CCN1CCc1ccc(F)c(F)c1. The van der Waals surface area contributed by atoms with Crippen molar-refractivity contribution >= 4 is 16.8 Å². The molecule has 176 valence electrons. The average Bonchev–Trinajstić information content (AvgIpc) is 3.51. The maximum Gasteiger partial charge on any atom is 0.236 e. The van der Waals surface area contributed by atoms with Crippen molar-refractivity contribution in [2.24, 2.45) is 0 Å². The molecule has 0 radical (unpaired) electrons. The monoisotopic (exact) mass is 464 g/mol. The Bertz CT molecular complexity index is 1290. The van der Waals surface area contributed by atoms with Crippen LogP contribution >= 0.6 is 0 Å². The Kier molecular flexibility index (Phi) is 6.35. The molecule has 1 saturated heterocycles. The molecule has 0 atom stereocenters. The van der Waals surface area contributed by atoms with Gasteiger partial charge in [-0.05, 0) is 67.3 Å². The third-order valence-corrected chi connectivity index (χ3v) is 6.43. The molecular formula is C25H26F2N6O. The van der Waals surface area contributed by atoms with E-state index in [0.29, 0.717) is 31.6 Å². The molecule has 2 aromatic heterocycles. The van der Waals surface area contributed by atoms with Crippen LogP contribution in [0.1, 0.15) is 17.5 Å². The highest BCUT2D eigenvalue weighted by molar-refractivity contribution is 5.87. The van der Waals surface area contributed by atoms with E-state index >= 15 is 0 Å². The van der Waals surface area contributed by atoms with Gasteiger partial charge in [0.2, 0.25) is 5.91 Å². The number of aryl methyl sites for hydroxylation is 1. The Morgan fingerprint density at radius 2 is 1.91 bits per heavy atom. The minimum Gasteiger partial charge on any atom is -0.361 e. The number of nitrogens with one attached hydrogen (secondary N) is 2. The average molecular weight is 465 g/mol. The van der Waals surface area contributed by atoms with E-state index in [1.165, 1.54) is 23.3 Å². The fourth-order valence-electron chi connectivity index (χ4n) is 4.51. The topological polar surface area (TPSA) is 80.9 Å². The zero-order chi connectivity index (χ0) is 23.5. The molecule has 1 aliphatic rings. The lowest BCUT2D eigenvalue weighted by Gasteiger charge is -2.34. The van der Waals surface area contributed by atoms with E-state index in [9.17, 15) is 13.6 Å². The van der Waals surface area contributed by atoms with Gasteiger partial charge in [0.1, 0.15) is 6.33 Å². The summed E-state index contributed by atoms with van der Waals surface area (Å²) in [4.78, 5) is 24.1. The second-order valence-corrected chi connectivity index (χ2v) is 8.67. The van der Waals surface area contributed by atoms with E-state index in [-0.39, 0.29) is 5.91 Å². The van der Waals surface area contributed by atoms with Gasteiger partial charge in [-0.2, -0.15) is 5.10 Å². The first-order chi connectivity index (χ1) is 16.6. The molecule has 7 nitrogen and oxygen atoms in total. The van der Waals surface area contributed by atoms with E-state index in [0.717, 1.165) is 48.9 Å². The highest BCUT2D eigenvalue weighted by atomic mass is 19.2.